The van der Waals surface area contributed by atoms with Gasteiger partial charge in [0.1, 0.15) is 83.6 Å². The first-order valence-electron chi connectivity index (χ1n) is 48.1. The van der Waals surface area contributed by atoms with Crippen LogP contribution in [0.4, 0.5) is 13.2 Å². The number of hydrogen-bond donors (Lipinski definition) is 7. The molecule has 4 fully saturated rings. The molecule has 19 rings (SSSR count). The molecule has 0 aliphatic carbocycles. The van der Waals surface area contributed by atoms with Gasteiger partial charge in [0.2, 0.25) is 17.4 Å². The van der Waals surface area contributed by atoms with Crippen LogP contribution in [-0.4, -0.2) is 161 Å². The minimum atomic E-state index is -1.92. The van der Waals surface area contributed by atoms with Crippen LogP contribution in [0.15, 0.2) is 346 Å². The van der Waals surface area contributed by atoms with Crippen LogP contribution in [0, 0.1) is 38.2 Å². The standard InChI is InChI=1S/C47H47FO7S.C47H45FO7S.C25H25FO6S/c2*1-33-18-21-39(26-38(33)27-41-24-25-42(56-41)37-19-22-40(48)23-20-37)47(51-2)45(54-30-36-16-10-5-11-17-36)43(52-28-34-12-6-3-7-13-34)44(46(31-49,32-50)55-47)53-29-35-14-8-4-9-15-35;1-14-2-5-17(25-23(30)21(28)22(29)24(12-27,32-25)13-31-25)10-16(14)11-19-8-9-20(33-19)15-3-6-18(26)7-4-15/h3-26,43-45,49-50H,27-32H2,1-2H3;3-26,31,43-45,50H,27-30,32H2,1-2H3;2-10,21-23,27-30H,11-13H2,1H3/t43-,44-,45+,47-;43-,44-,45+,46-,47-;21-,22-,23+,24+,25+/m000/s1. The number of ether oxygens (including phenoxy) is 12. The summed E-state index contributed by atoms with van der Waals surface area (Å²) in [6, 6.07) is 108. The van der Waals surface area contributed by atoms with Crippen LogP contribution < -0.4 is 0 Å². The van der Waals surface area contributed by atoms with Gasteiger partial charge in [-0.15, -0.1) is 34.0 Å². The van der Waals surface area contributed by atoms with E-state index in [1.54, 1.807) is 83.6 Å². The van der Waals surface area contributed by atoms with E-state index >= 15 is 0 Å². The van der Waals surface area contributed by atoms with Gasteiger partial charge >= 0.3 is 0 Å². The summed E-state index contributed by atoms with van der Waals surface area (Å²) in [6.45, 7) is 4.49. The summed E-state index contributed by atoms with van der Waals surface area (Å²) in [5.41, 5.74) is 11.1. The lowest BCUT2D eigenvalue weighted by atomic mass is 9.80. The fourth-order valence-electron chi connectivity index (χ4n) is 19.1. The summed E-state index contributed by atoms with van der Waals surface area (Å²) in [4.78, 5) is 19.9. The van der Waals surface area contributed by atoms with E-state index < -0.39 is 116 Å². The van der Waals surface area contributed by atoms with Gasteiger partial charge in [0.25, 0.3) is 0 Å². The van der Waals surface area contributed by atoms with Crippen molar-refractivity contribution in [1.82, 2.24) is 0 Å². The molecule has 7 N–H and O–H groups in total. The van der Waals surface area contributed by atoms with Gasteiger partial charge in [0.05, 0.1) is 72.7 Å². The third-order valence-corrected chi connectivity index (χ3v) is 30.7. The smallest absolute Gasteiger partial charge is 0.225 e. The fraction of sp³-hybridized carbons (Fsp3) is 0.286. The molecule has 3 aromatic heterocycles. The predicted molar refractivity (Wildman–Crippen MR) is 550 cm³/mol. The Morgan fingerprint density at radius 3 is 0.993 bits per heavy atom. The average molecular weight is 2020 g/mol. The van der Waals surface area contributed by atoms with Crippen LogP contribution >= 0.6 is 34.0 Å². The SMILES string of the molecule is CO[C@@]1(c2ccc(C)c(Cc3ccc(-c4ccc(F)cc4)s3)c2)OC(CO)(CO)[C@@H](OCc2ccccc2)[C@H](OCc2ccccc2)[C@H]1OCc1ccccc1.CO[C@@]1(c2ccc(C)c(Cc3ccc(-c4ccc(F)cc4)s3)c2)O[C@@](C=O)(CO)[C@@H](OCc2ccccc2)[C@H](OCc2ccccc2)[C@H]1OCc1ccccc1.Cc1ccc([C@@]23OC[C@@](CO)(O2)[C@@H](O)[C@H](O)[C@H]3O)cc1Cc1ccc(-c2ccc(F)cc2)s1. The summed E-state index contributed by atoms with van der Waals surface area (Å²) >= 11 is 4.90. The van der Waals surface area contributed by atoms with Crippen LogP contribution in [0.1, 0.15) is 98.1 Å². The van der Waals surface area contributed by atoms with Crippen molar-refractivity contribution in [2.75, 3.05) is 47.3 Å². The molecule has 12 aromatic carbocycles. The maximum absolute atomic E-state index is 13.7. The fourth-order valence-corrected chi connectivity index (χ4v) is 22.2. The van der Waals surface area contributed by atoms with E-state index in [0.717, 1.165) is 113 Å². The summed E-state index contributed by atoms with van der Waals surface area (Å²) < 4.78 is 120. The van der Waals surface area contributed by atoms with Crippen molar-refractivity contribution in [1.29, 1.82) is 0 Å². The van der Waals surface area contributed by atoms with Gasteiger partial charge in [-0.2, -0.15) is 0 Å². The van der Waals surface area contributed by atoms with Crippen LogP contribution in [0.3, 0.4) is 0 Å². The Morgan fingerprint density at radius 2 is 0.662 bits per heavy atom. The van der Waals surface area contributed by atoms with E-state index in [1.165, 1.54) is 43.5 Å². The molecule has 0 spiro atoms. The van der Waals surface area contributed by atoms with Crippen LogP contribution in [0.5, 0.6) is 0 Å². The molecule has 0 saturated carbocycles. The molecular weight excluding hydrogens is 1900 g/mol. The van der Waals surface area contributed by atoms with Crippen molar-refractivity contribution in [3.05, 3.63) is 461 Å². The third-order valence-electron chi connectivity index (χ3n) is 27.3. The number of carbonyl (C=O) groups excluding carboxylic acids is 1. The first-order valence-corrected chi connectivity index (χ1v) is 50.5. The van der Waals surface area contributed by atoms with Crippen LogP contribution in [0.2, 0.25) is 0 Å². The molecule has 4 aliphatic heterocycles. The topological polar surface area (TPSA) is 269 Å². The largest absolute Gasteiger partial charge is 0.393 e. The van der Waals surface area contributed by atoms with Crippen LogP contribution in [0.25, 0.3) is 31.3 Å². The normalized spacial score (nSPS) is 23.6. The number of methoxy groups -OCH3 is 2. The summed E-state index contributed by atoms with van der Waals surface area (Å²) in [5, 5.41) is 75.1. The lowest BCUT2D eigenvalue weighted by Crippen LogP contribution is -2.72. The van der Waals surface area contributed by atoms with Gasteiger partial charge in [-0.3, -0.25) is 4.79 Å². The quantitative estimate of drug-likeness (QED) is 0.0178. The Kier molecular flexibility index (Phi) is 34.3. The van der Waals surface area contributed by atoms with Crippen molar-refractivity contribution < 1.29 is 111 Å². The predicted octanol–water partition coefficient (Wildman–Crippen LogP) is 20.2. The highest BCUT2D eigenvalue weighted by molar-refractivity contribution is 7.16. The number of aldehydes is 1. The van der Waals surface area contributed by atoms with Gasteiger partial charge in [-0.1, -0.05) is 255 Å². The summed E-state index contributed by atoms with van der Waals surface area (Å²) in [5.74, 6) is -5.92. The Labute approximate surface area is 853 Å². The minimum Gasteiger partial charge on any atom is -0.393 e. The second-order valence-electron chi connectivity index (χ2n) is 36.9. The second kappa shape index (κ2) is 47.5. The van der Waals surface area contributed by atoms with E-state index in [9.17, 15) is 53.7 Å². The number of aryl methyl sites for hydroxylation is 3. The number of fused-ring (bicyclic) bond motifs is 2. The van der Waals surface area contributed by atoms with E-state index in [4.69, 9.17) is 56.8 Å². The number of aliphatic hydroxyl groups excluding tert-OH is 7. The Morgan fingerprint density at radius 1 is 0.345 bits per heavy atom. The Hall–Kier alpha value is -11.6. The molecule has 14 atom stereocenters. The average Bonchev–Trinajstić information content (AvgIpc) is 1.67. The molecular formula is C119H117F3O20S3. The molecule has 4 saturated heterocycles. The number of halogens is 3. The number of benzene rings is 12. The number of thiophene rings is 3. The maximum Gasteiger partial charge on any atom is 0.225 e. The van der Waals surface area contributed by atoms with Gasteiger partial charge in [0, 0.05) is 79.4 Å². The molecule has 0 unspecified atom stereocenters. The molecule has 2 bridgehead atoms. The Bertz CT molecular complexity index is 6690. The summed E-state index contributed by atoms with van der Waals surface area (Å²) in [6.07, 6.45) is -8.06. The second-order valence-corrected chi connectivity index (χ2v) is 40.4. The Balaban J connectivity index is 0.000000154. The van der Waals surface area contributed by atoms with Gasteiger partial charge in [-0.05, 0) is 195 Å². The molecule has 4 aliphatic rings. The van der Waals surface area contributed by atoms with Gasteiger partial charge < -0.3 is 92.6 Å². The first-order chi connectivity index (χ1) is 70.5. The first kappa shape index (κ1) is 105. The zero-order chi connectivity index (χ0) is 101. The highest BCUT2D eigenvalue weighted by atomic mass is 32.1. The molecule has 145 heavy (non-hydrogen) atoms. The number of hydrogen-bond acceptors (Lipinski definition) is 23. The highest BCUT2D eigenvalue weighted by Gasteiger charge is 2.69. The monoisotopic (exact) mass is 2020 g/mol. The number of carbonyl (C=O) groups is 1. The van der Waals surface area contributed by atoms with E-state index in [0.29, 0.717) is 42.2 Å². The number of aliphatic hydroxyl groups is 7. The molecule has 752 valence electrons. The van der Waals surface area contributed by atoms with Gasteiger partial charge in [-0.25, -0.2) is 13.2 Å². The van der Waals surface area contributed by atoms with Crippen molar-refractivity contribution in [3.8, 4) is 31.3 Å². The van der Waals surface area contributed by atoms with Crippen molar-refractivity contribution >= 4 is 40.3 Å². The summed E-state index contributed by atoms with van der Waals surface area (Å²) in [7, 11) is 3.06. The highest BCUT2D eigenvalue weighted by Crippen LogP contribution is 2.53. The van der Waals surface area contributed by atoms with Crippen molar-refractivity contribution in [2.45, 2.75) is 169 Å². The van der Waals surface area contributed by atoms with Crippen molar-refractivity contribution in [3.63, 3.8) is 0 Å². The maximum atomic E-state index is 13.7. The molecule has 0 radical (unpaired) electrons. The van der Waals surface area contributed by atoms with E-state index in [-0.39, 0.29) is 63.7 Å². The minimum absolute atomic E-state index is 0.121. The van der Waals surface area contributed by atoms with Crippen molar-refractivity contribution in [2.24, 2.45) is 0 Å². The number of rotatable bonds is 37. The third kappa shape index (κ3) is 23.4. The zero-order valence-corrected chi connectivity index (χ0v) is 83.3. The van der Waals surface area contributed by atoms with Crippen LogP contribution in [-0.2, 0) is 138 Å². The molecule has 20 nitrogen and oxygen atoms in total. The lowest BCUT2D eigenvalue weighted by Gasteiger charge is -2.56. The van der Waals surface area contributed by atoms with E-state index in [1.807, 2.05) is 263 Å². The lowest BCUT2D eigenvalue weighted by molar-refractivity contribution is -0.417. The van der Waals surface area contributed by atoms with E-state index in [2.05, 4.69) is 25.1 Å². The molecule has 15 aromatic rings. The molecule has 0 amide bonds. The molecule has 7 heterocycles. The zero-order valence-electron chi connectivity index (χ0n) is 80.9. The molecule has 26 heteroatoms. The van der Waals surface area contributed by atoms with Gasteiger partial charge in [0.15, 0.2) is 11.9 Å².